The molecule has 0 radical (unpaired) electrons. The van der Waals surface area contributed by atoms with E-state index in [0.717, 1.165) is 10.0 Å². The van der Waals surface area contributed by atoms with Crippen LogP contribution in [0.4, 0.5) is 0 Å². The number of hydrogen-bond donors (Lipinski definition) is 1. The fraction of sp³-hybridized carbons (Fsp3) is 0.438. The number of halogens is 1. The summed E-state index contributed by atoms with van der Waals surface area (Å²) in [7, 11) is 0. The van der Waals surface area contributed by atoms with E-state index in [-0.39, 0.29) is 11.9 Å². The average Bonchev–Trinajstić information content (AvgIpc) is 2.94. The maximum absolute atomic E-state index is 12.3. The first-order valence-corrected chi connectivity index (χ1v) is 8.61. The van der Waals surface area contributed by atoms with Crippen LogP contribution in [0.25, 0.3) is 11.4 Å². The maximum atomic E-state index is 12.3. The fourth-order valence-corrected chi connectivity index (χ4v) is 2.77. The number of nitrogens with two attached hydrogens (primary N) is 1. The lowest BCUT2D eigenvalue weighted by Crippen LogP contribution is -2.41. The molecule has 1 aromatic carbocycles. The zero-order chi connectivity index (χ0) is 16.9. The average molecular weight is 395 g/mol. The molecule has 7 nitrogen and oxygen atoms in total. The SMILES string of the molecule is NC1COCCN(C(=O)CCc2nc(-c3ccc(Br)cc3)no2)C1. The molecule has 1 unspecified atom stereocenters. The summed E-state index contributed by atoms with van der Waals surface area (Å²) in [6, 6.07) is 7.51. The Labute approximate surface area is 148 Å². The number of ether oxygens (including phenoxy) is 1. The third-order valence-electron chi connectivity index (χ3n) is 3.77. The van der Waals surface area contributed by atoms with E-state index < -0.39 is 0 Å². The lowest BCUT2D eigenvalue weighted by molar-refractivity contribution is -0.131. The molecule has 1 aliphatic heterocycles. The second-order valence-electron chi connectivity index (χ2n) is 5.69. The Kier molecular flexibility index (Phi) is 5.60. The van der Waals surface area contributed by atoms with Crippen LogP contribution < -0.4 is 5.73 Å². The van der Waals surface area contributed by atoms with Crippen LogP contribution in [0.15, 0.2) is 33.3 Å². The first kappa shape index (κ1) is 17.1. The molecule has 8 heteroatoms. The maximum Gasteiger partial charge on any atom is 0.227 e. The summed E-state index contributed by atoms with van der Waals surface area (Å²) in [5, 5.41) is 3.97. The highest BCUT2D eigenvalue weighted by atomic mass is 79.9. The number of nitrogens with zero attached hydrogens (tertiary/aromatic N) is 3. The van der Waals surface area contributed by atoms with Crippen molar-refractivity contribution in [1.82, 2.24) is 15.0 Å². The largest absolute Gasteiger partial charge is 0.378 e. The van der Waals surface area contributed by atoms with E-state index in [2.05, 4.69) is 26.1 Å². The van der Waals surface area contributed by atoms with Gasteiger partial charge >= 0.3 is 0 Å². The third-order valence-corrected chi connectivity index (χ3v) is 4.30. The standard InChI is InChI=1S/C16H19BrN4O3/c17-12-3-1-11(2-4-12)16-19-14(24-20-16)5-6-15(22)21-7-8-23-10-13(18)9-21/h1-4,13H,5-10,18H2. The predicted molar refractivity (Wildman–Crippen MR) is 91.1 cm³/mol. The van der Waals surface area contributed by atoms with Crippen molar-refractivity contribution >= 4 is 21.8 Å². The van der Waals surface area contributed by atoms with Crippen LogP contribution in [0.1, 0.15) is 12.3 Å². The molecule has 0 aliphatic carbocycles. The van der Waals surface area contributed by atoms with Crippen molar-refractivity contribution in [3.63, 3.8) is 0 Å². The lowest BCUT2D eigenvalue weighted by atomic mass is 10.2. The first-order valence-electron chi connectivity index (χ1n) is 7.81. The second kappa shape index (κ2) is 7.87. The Morgan fingerprint density at radius 1 is 1.38 bits per heavy atom. The molecule has 0 spiro atoms. The molecule has 1 saturated heterocycles. The molecule has 1 aromatic heterocycles. The first-order chi connectivity index (χ1) is 11.6. The highest BCUT2D eigenvalue weighted by Gasteiger charge is 2.20. The van der Waals surface area contributed by atoms with Crippen molar-refractivity contribution in [2.24, 2.45) is 5.73 Å². The molecule has 0 saturated carbocycles. The van der Waals surface area contributed by atoms with E-state index in [1.54, 1.807) is 4.90 Å². The smallest absolute Gasteiger partial charge is 0.227 e. The summed E-state index contributed by atoms with van der Waals surface area (Å²) in [5.41, 5.74) is 6.76. The molecule has 1 aliphatic rings. The minimum Gasteiger partial charge on any atom is -0.378 e. The van der Waals surface area contributed by atoms with Crippen LogP contribution in [0.3, 0.4) is 0 Å². The third kappa shape index (κ3) is 4.40. The van der Waals surface area contributed by atoms with Gasteiger partial charge in [0.1, 0.15) is 0 Å². The Bertz CT molecular complexity index is 689. The number of hydrogen-bond acceptors (Lipinski definition) is 6. The monoisotopic (exact) mass is 394 g/mol. The molecule has 24 heavy (non-hydrogen) atoms. The Hall–Kier alpha value is -1.77. The summed E-state index contributed by atoms with van der Waals surface area (Å²) in [6.07, 6.45) is 0.726. The number of rotatable bonds is 4. The highest BCUT2D eigenvalue weighted by Crippen LogP contribution is 2.19. The molecule has 2 aromatic rings. The summed E-state index contributed by atoms with van der Waals surface area (Å²) < 4.78 is 11.6. The van der Waals surface area contributed by atoms with Crippen molar-refractivity contribution in [1.29, 1.82) is 0 Å². The number of carbonyl (C=O) groups excluding carboxylic acids is 1. The quantitative estimate of drug-likeness (QED) is 0.846. The minimum absolute atomic E-state index is 0.0272. The van der Waals surface area contributed by atoms with Gasteiger partial charge in [-0.3, -0.25) is 4.79 Å². The van der Waals surface area contributed by atoms with Gasteiger partial charge in [-0.25, -0.2) is 0 Å². The zero-order valence-electron chi connectivity index (χ0n) is 13.2. The van der Waals surface area contributed by atoms with Crippen molar-refractivity contribution in [3.05, 3.63) is 34.6 Å². The molecule has 3 rings (SSSR count). The Morgan fingerprint density at radius 2 is 2.17 bits per heavy atom. The van der Waals surface area contributed by atoms with Gasteiger partial charge in [-0.05, 0) is 24.3 Å². The predicted octanol–water partition coefficient (Wildman–Crippen LogP) is 1.62. The van der Waals surface area contributed by atoms with Gasteiger partial charge in [0.05, 0.1) is 13.2 Å². The van der Waals surface area contributed by atoms with Crippen molar-refractivity contribution < 1.29 is 14.1 Å². The van der Waals surface area contributed by atoms with E-state index in [4.69, 9.17) is 15.0 Å². The summed E-state index contributed by atoms with van der Waals surface area (Å²) in [6.45, 7) is 2.10. The molecule has 2 heterocycles. The number of carbonyl (C=O) groups is 1. The molecule has 2 N–H and O–H groups in total. The van der Waals surface area contributed by atoms with E-state index in [1.807, 2.05) is 24.3 Å². The van der Waals surface area contributed by atoms with Gasteiger partial charge in [0.25, 0.3) is 0 Å². The summed E-state index contributed by atoms with van der Waals surface area (Å²) >= 11 is 3.39. The van der Waals surface area contributed by atoms with Gasteiger partial charge < -0.3 is 19.9 Å². The number of aryl methyl sites for hydroxylation is 1. The van der Waals surface area contributed by atoms with Gasteiger partial charge in [-0.2, -0.15) is 4.98 Å². The molecular weight excluding hydrogens is 376 g/mol. The molecule has 1 fully saturated rings. The Morgan fingerprint density at radius 3 is 2.96 bits per heavy atom. The second-order valence-corrected chi connectivity index (χ2v) is 6.61. The van der Waals surface area contributed by atoms with Crippen molar-refractivity contribution in [3.8, 4) is 11.4 Å². The van der Waals surface area contributed by atoms with Gasteiger partial charge in [0.2, 0.25) is 17.6 Å². The van der Waals surface area contributed by atoms with Crippen LogP contribution >= 0.6 is 15.9 Å². The lowest BCUT2D eigenvalue weighted by Gasteiger charge is -2.21. The summed E-state index contributed by atoms with van der Waals surface area (Å²) in [5.74, 6) is 1.01. The minimum atomic E-state index is -0.135. The number of benzene rings is 1. The van der Waals surface area contributed by atoms with Gasteiger partial charge in [0, 0.05) is 42.0 Å². The fourth-order valence-electron chi connectivity index (χ4n) is 2.51. The van der Waals surface area contributed by atoms with Crippen LogP contribution in [-0.4, -0.2) is 53.3 Å². The number of aromatic nitrogens is 2. The normalized spacial score (nSPS) is 18.4. The van der Waals surface area contributed by atoms with E-state index >= 15 is 0 Å². The van der Waals surface area contributed by atoms with Crippen molar-refractivity contribution in [2.75, 3.05) is 26.3 Å². The van der Waals surface area contributed by atoms with Gasteiger partial charge in [-0.15, -0.1) is 0 Å². The number of amides is 1. The van der Waals surface area contributed by atoms with E-state index in [1.165, 1.54) is 0 Å². The topological polar surface area (TPSA) is 94.5 Å². The molecular formula is C16H19BrN4O3. The Balaban J connectivity index is 1.57. The van der Waals surface area contributed by atoms with Crippen LogP contribution in [0.2, 0.25) is 0 Å². The van der Waals surface area contributed by atoms with Crippen LogP contribution in [0.5, 0.6) is 0 Å². The molecule has 128 valence electrons. The zero-order valence-corrected chi connectivity index (χ0v) is 14.7. The van der Waals surface area contributed by atoms with Crippen LogP contribution in [-0.2, 0) is 16.0 Å². The van der Waals surface area contributed by atoms with Crippen LogP contribution in [0, 0.1) is 0 Å². The van der Waals surface area contributed by atoms with Gasteiger partial charge in [-0.1, -0.05) is 21.1 Å². The molecule has 1 atom stereocenters. The van der Waals surface area contributed by atoms with E-state index in [9.17, 15) is 4.79 Å². The van der Waals surface area contributed by atoms with Crippen molar-refractivity contribution in [2.45, 2.75) is 18.9 Å². The molecule has 0 bridgehead atoms. The highest BCUT2D eigenvalue weighted by molar-refractivity contribution is 9.10. The summed E-state index contributed by atoms with van der Waals surface area (Å²) in [4.78, 5) is 18.4. The van der Waals surface area contributed by atoms with E-state index in [0.29, 0.717) is 50.9 Å². The molecule has 1 amide bonds. The van der Waals surface area contributed by atoms with Gasteiger partial charge in [0.15, 0.2) is 0 Å².